The molecule has 5 aliphatic carbocycles. The Labute approximate surface area is 299 Å². The topological polar surface area (TPSA) is 121 Å². The minimum absolute atomic E-state index is 0.00793. The van der Waals surface area contributed by atoms with E-state index >= 15 is 0 Å². The van der Waals surface area contributed by atoms with Crippen LogP contribution < -0.4 is 0 Å². The third kappa shape index (κ3) is 5.15. The number of ketones is 1. The molecular formula is C41H62N2O7. The van der Waals surface area contributed by atoms with Crippen LogP contribution in [0.25, 0.3) is 0 Å². The van der Waals surface area contributed by atoms with Crippen LogP contribution in [0.1, 0.15) is 127 Å². The maximum atomic E-state index is 14.7. The van der Waals surface area contributed by atoms with Crippen LogP contribution in [0.4, 0.5) is 0 Å². The summed E-state index contributed by atoms with van der Waals surface area (Å²) >= 11 is 0. The highest BCUT2D eigenvalue weighted by molar-refractivity contribution is 6.07. The molecule has 1 N–H and O–H groups in total. The zero-order chi connectivity index (χ0) is 37.0. The average Bonchev–Trinajstić information content (AvgIpc) is 3.32. The predicted octanol–water partition coefficient (Wildman–Crippen LogP) is 6.68. The predicted molar refractivity (Wildman–Crippen MR) is 190 cm³/mol. The molecule has 6 rings (SSSR count). The van der Waals surface area contributed by atoms with Crippen LogP contribution in [0.3, 0.4) is 0 Å². The van der Waals surface area contributed by atoms with Crippen molar-refractivity contribution in [3.05, 3.63) is 11.1 Å². The molecule has 9 heteroatoms. The van der Waals surface area contributed by atoms with E-state index in [4.69, 9.17) is 4.74 Å². The number of nitrogens with zero attached hydrogens (tertiary/aromatic N) is 2. The van der Waals surface area contributed by atoms with Crippen LogP contribution in [0.5, 0.6) is 0 Å². The quantitative estimate of drug-likeness (QED) is 0.308. The van der Waals surface area contributed by atoms with Crippen molar-refractivity contribution in [2.45, 2.75) is 133 Å². The Morgan fingerprint density at radius 1 is 0.900 bits per heavy atom. The zero-order valence-corrected chi connectivity index (χ0v) is 32.4. The summed E-state index contributed by atoms with van der Waals surface area (Å²) in [5.41, 5.74) is -0.369. The Hall–Kier alpha value is -2.71. The summed E-state index contributed by atoms with van der Waals surface area (Å²) in [6.07, 6.45) is 7.06. The fourth-order valence-electron chi connectivity index (χ4n) is 12.9. The molecule has 0 aromatic heterocycles. The molecule has 2 amide bonds. The molecule has 1 aliphatic heterocycles. The van der Waals surface area contributed by atoms with Gasteiger partial charge >= 0.3 is 11.9 Å². The van der Waals surface area contributed by atoms with Gasteiger partial charge in [0.1, 0.15) is 6.10 Å². The van der Waals surface area contributed by atoms with E-state index in [0.29, 0.717) is 31.3 Å². The van der Waals surface area contributed by atoms with Crippen LogP contribution in [-0.4, -0.2) is 77.2 Å². The Kier molecular flexibility index (Phi) is 8.83. The monoisotopic (exact) mass is 694 g/mol. The molecule has 4 saturated carbocycles. The van der Waals surface area contributed by atoms with E-state index in [0.717, 1.165) is 56.1 Å². The fourth-order valence-corrected chi connectivity index (χ4v) is 12.9. The number of fused-ring (bicyclic) bond motifs is 7. The number of piperazine rings is 1. The summed E-state index contributed by atoms with van der Waals surface area (Å²) in [6, 6.07) is 0. The maximum absolute atomic E-state index is 14.7. The Morgan fingerprint density at radius 2 is 1.58 bits per heavy atom. The number of amides is 2. The van der Waals surface area contributed by atoms with Crippen LogP contribution in [0.2, 0.25) is 0 Å². The molecule has 1 saturated heterocycles. The third-order valence-corrected chi connectivity index (χ3v) is 16.0. The van der Waals surface area contributed by atoms with Crippen molar-refractivity contribution in [2.24, 2.45) is 56.2 Å². The van der Waals surface area contributed by atoms with Crippen LogP contribution in [-0.2, 0) is 28.7 Å². The van der Waals surface area contributed by atoms with E-state index in [1.807, 2.05) is 0 Å². The van der Waals surface area contributed by atoms with Crippen LogP contribution in [0, 0.1) is 56.2 Å². The number of carbonyl (C=O) groups excluding carboxylic acids is 4. The summed E-state index contributed by atoms with van der Waals surface area (Å²) in [5.74, 6) is -0.428. The molecule has 0 radical (unpaired) electrons. The van der Waals surface area contributed by atoms with Gasteiger partial charge in [0.2, 0.25) is 11.8 Å². The van der Waals surface area contributed by atoms with Gasteiger partial charge in [0.25, 0.3) is 0 Å². The molecule has 0 aromatic rings. The smallest absolute Gasteiger partial charge is 0.309 e. The number of ether oxygens (including phenoxy) is 1. The molecule has 0 bridgehead atoms. The number of hydrogen-bond donors (Lipinski definition) is 1. The highest BCUT2D eigenvalue weighted by atomic mass is 16.5. The largest absolute Gasteiger partial charge is 0.481 e. The summed E-state index contributed by atoms with van der Waals surface area (Å²) in [7, 11) is 1.79. The number of likely N-dealkylation sites (N-methyl/N-ethyl adjacent to an activating group) is 1. The number of aliphatic carboxylic acids is 1. The molecule has 5 fully saturated rings. The molecule has 0 aromatic carbocycles. The maximum Gasteiger partial charge on any atom is 0.309 e. The van der Waals surface area contributed by atoms with Crippen molar-refractivity contribution in [3.8, 4) is 0 Å². The normalized spacial score (nSPS) is 39.8. The van der Waals surface area contributed by atoms with Crippen molar-refractivity contribution in [1.82, 2.24) is 9.80 Å². The summed E-state index contributed by atoms with van der Waals surface area (Å²) in [5, 5.41) is 9.59. The first-order valence-corrected chi connectivity index (χ1v) is 19.3. The van der Waals surface area contributed by atoms with Crippen molar-refractivity contribution in [1.29, 1.82) is 0 Å². The van der Waals surface area contributed by atoms with Gasteiger partial charge in [-0.1, -0.05) is 48.5 Å². The van der Waals surface area contributed by atoms with Crippen LogP contribution in [0.15, 0.2) is 11.1 Å². The number of esters is 1. The number of allylic oxidation sites excluding steroid dienone is 1. The molecule has 8 atom stereocenters. The first-order valence-electron chi connectivity index (χ1n) is 19.3. The second-order valence-corrected chi connectivity index (χ2v) is 19.5. The zero-order valence-electron chi connectivity index (χ0n) is 32.4. The van der Waals surface area contributed by atoms with Crippen molar-refractivity contribution >= 4 is 29.5 Å². The highest BCUT2D eigenvalue weighted by Crippen LogP contribution is 2.77. The molecule has 6 aliphatic rings. The lowest BCUT2D eigenvalue weighted by molar-refractivity contribution is -0.233. The van der Waals surface area contributed by atoms with E-state index in [1.165, 1.54) is 0 Å². The minimum Gasteiger partial charge on any atom is -0.481 e. The first kappa shape index (κ1) is 37.1. The number of carboxylic acid groups (broad SMARTS) is 1. The summed E-state index contributed by atoms with van der Waals surface area (Å²) < 4.78 is 6.14. The standard InChI is InChI=1S/C41H62N2O7/c1-24(2)32-26(44)21-41(34(47)43-20-19-42(10)30(45)23-43)18-17-39(8)25(33(32)41)11-12-28-38(7)15-14-29(50-31(46)22-36(3,4)35(48)49)37(5,6)27(38)13-16-40(28,39)9/h24-25,27-29H,11-23H2,1-10H3,(H,48,49)/t25-,27+,28-,29+,38+,39-,40-,41-/m1/s1. The van der Waals surface area contributed by atoms with Gasteiger partial charge in [0.05, 0.1) is 23.8 Å². The number of carbonyl (C=O) groups is 5. The number of rotatable bonds is 6. The lowest BCUT2D eigenvalue weighted by atomic mass is 9.33. The lowest BCUT2D eigenvalue weighted by Gasteiger charge is -2.72. The van der Waals surface area contributed by atoms with Gasteiger partial charge in [0, 0.05) is 32.0 Å². The van der Waals surface area contributed by atoms with Gasteiger partial charge < -0.3 is 19.6 Å². The number of Topliss-reactive ketones (excluding diaryl/α,β-unsaturated/α-hetero) is 1. The van der Waals surface area contributed by atoms with E-state index in [9.17, 15) is 29.1 Å². The number of carboxylic acids is 1. The molecule has 1 heterocycles. The lowest BCUT2D eigenvalue weighted by Crippen LogP contribution is -2.66. The molecule has 278 valence electrons. The molecule has 50 heavy (non-hydrogen) atoms. The summed E-state index contributed by atoms with van der Waals surface area (Å²) in [4.78, 5) is 69.7. The molecular weight excluding hydrogens is 632 g/mol. The SMILES string of the molecule is CC(C)C1=C2[C@H]3CC[C@@H]4[C@@]5(C)CC[C@H](OC(=O)CC(C)(C)C(=O)O)C(C)(C)[C@@H]5CC[C@@]4(C)[C@]3(C)CC[C@@]2(C(=O)N2CCN(C)C(=O)C2)CC1=O. The van der Waals surface area contributed by atoms with Gasteiger partial charge in [-0.3, -0.25) is 24.0 Å². The number of hydrogen-bond acceptors (Lipinski definition) is 6. The van der Waals surface area contributed by atoms with E-state index in [2.05, 4.69) is 48.5 Å². The van der Waals surface area contributed by atoms with E-state index in [1.54, 1.807) is 30.7 Å². The van der Waals surface area contributed by atoms with Crippen molar-refractivity contribution < 1.29 is 33.8 Å². The Morgan fingerprint density at radius 3 is 2.20 bits per heavy atom. The first-order chi connectivity index (χ1) is 23.1. The van der Waals surface area contributed by atoms with Gasteiger partial charge in [-0.15, -0.1) is 0 Å². The van der Waals surface area contributed by atoms with Crippen LogP contribution >= 0.6 is 0 Å². The van der Waals surface area contributed by atoms with E-state index < -0.39 is 22.8 Å². The van der Waals surface area contributed by atoms with Gasteiger partial charge in [-0.25, -0.2) is 0 Å². The van der Waals surface area contributed by atoms with Gasteiger partial charge in [-0.2, -0.15) is 0 Å². The molecule has 0 unspecified atom stereocenters. The van der Waals surface area contributed by atoms with Gasteiger partial charge in [0.15, 0.2) is 5.78 Å². The minimum atomic E-state index is -1.18. The van der Waals surface area contributed by atoms with Crippen molar-refractivity contribution in [3.63, 3.8) is 0 Å². The molecule has 0 spiro atoms. The van der Waals surface area contributed by atoms with E-state index in [-0.39, 0.29) is 76.6 Å². The average molecular weight is 695 g/mol. The van der Waals surface area contributed by atoms with Gasteiger partial charge in [-0.05, 0) is 116 Å². The summed E-state index contributed by atoms with van der Waals surface area (Å²) in [6.45, 7) is 20.4. The Bertz CT molecular complexity index is 1530. The second kappa shape index (κ2) is 11.9. The third-order valence-electron chi connectivity index (χ3n) is 16.0. The highest BCUT2D eigenvalue weighted by Gasteiger charge is 2.71. The fraction of sp³-hybridized carbons (Fsp3) is 0.829. The van der Waals surface area contributed by atoms with Crippen molar-refractivity contribution in [2.75, 3.05) is 26.7 Å². The molecule has 9 nitrogen and oxygen atoms in total. The second-order valence-electron chi connectivity index (χ2n) is 19.5. The Balaban J connectivity index is 1.31.